The number of pyridine rings is 2. The van der Waals surface area contributed by atoms with Crippen LogP contribution in [0.5, 0.6) is 0 Å². The molecule has 0 spiro atoms. The van der Waals surface area contributed by atoms with Crippen molar-refractivity contribution in [3.63, 3.8) is 0 Å². The SMILES string of the molecule is C=N/C=C\C=C\c1cc(-c2cccnc2)c(-c2cccnc2)cc1N1CC1=O. The number of carbonyl (C=O) groups is 1. The van der Waals surface area contributed by atoms with Gasteiger partial charge in [-0.05, 0) is 53.7 Å². The summed E-state index contributed by atoms with van der Waals surface area (Å²) in [7, 11) is 0. The van der Waals surface area contributed by atoms with Gasteiger partial charge in [-0.2, -0.15) is 0 Å². The topological polar surface area (TPSA) is 58.2 Å². The molecule has 2 aromatic heterocycles. The second-order valence-electron chi connectivity index (χ2n) is 6.30. The van der Waals surface area contributed by atoms with Gasteiger partial charge in [-0.25, -0.2) is 0 Å². The van der Waals surface area contributed by atoms with E-state index >= 15 is 0 Å². The van der Waals surface area contributed by atoms with Crippen LogP contribution in [0.3, 0.4) is 0 Å². The number of aromatic nitrogens is 2. The zero-order valence-electron chi connectivity index (χ0n) is 15.2. The molecule has 0 saturated carbocycles. The molecule has 0 N–H and O–H groups in total. The summed E-state index contributed by atoms with van der Waals surface area (Å²) < 4.78 is 0. The van der Waals surface area contributed by atoms with E-state index in [9.17, 15) is 4.79 Å². The molecule has 5 heteroatoms. The Bertz CT molecular complexity index is 1070. The fraction of sp³-hybridized carbons (Fsp3) is 0.0435. The molecule has 5 nitrogen and oxygen atoms in total. The molecule has 28 heavy (non-hydrogen) atoms. The minimum atomic E-state index is 0.115. The molecule has 3 heterocycles. The van der Waals surface area contributed by atoms with Gasteiger partial charge in [0.2, 0.25) is 5.91 Å². The van der Waals surface area contributed by atoms with Crippen LogP contribution in [0.4, 0.5) is 5.69 Å². The second kappa shape index (κ2) is 7.80. The number of benzene rings is 1. The third-order valence-corrected chi connectivity index (χ3v) is 4.47. The van der Waals surface area contributed by atoms with Crippen LogP contribution in [0.1, 0.15) is 5.56 Å². The van der Waals surface area contributed by atoms with Crippen LogP contribution in [0.15, 0.2) is 84.5 Å². The minimum Gasteiger partial charge on any atom is -0.301 e. The Morgan fingerprint density at radius 1 is 1.00 bits per heavy atom. The predicted molar refractivity (Wildman–Crippen MR) is 113 cm³/mol. The Balaban J connectivity index is 1.92. The summed E-state index contributed by atoms with van der Waals surface area (Å²) in [6, 6.07) is 12.0. The maximum absolute atomic E-state index is 11.9. The summed E-state index contributed by atoms with van der Waals surface area (Å²) in [5, 5.41) is 0. The predicted octanol–water partition coefficient (Wildman–Crippen LogP) is 4.38. The summed E-state index contributed by atoms with van der Waals surface area (Å²) in [6.07, 6.45) is 14.4. The van der Waals surface area contributed by atoms with Crippen molar-refractivity contribution in [3.8, 4) is 22.3 Å². The molecule has 0 radical (unpaired) electrons. The number of carbonyl (C=O) groups excluding carboxylic acids is 1. The zero-order valence-corrected chi connectivity index (χ0v) is 15.2. The Morgan fingerprint density at radius 3 is 2.18 bits per heavy atom. The fourth-order valence-electron chi connectivity index (χ4n) is 3.08. The van der Waals surface area contributed by atoms with Crippen molar-refractivity contribution in [2.45, 2.75) is 0 Å². The first-order valence-corrected chi connectivity index (χ1v) is 8.86. The summed E-state index contributed by atoms with van der Waals surface area (Å²) in [5.41, 5.74) is 5.87. The number of anilines is 1. The highest BCUT2D eigenvalue weighted by Gasteiger charge is 2.33. The van der Waals surface area contributed by atoms with Crippen LogP contribution in [-0.4, -0.2) is 29.1 Å². The van der Waals surface area contributed by atoms with Crippen LogP contribution in [0.2, 0.25) is 0 Å². The summed E-state index contributed by atoms with van der Waals surface area (Å²) in [4.78, 5) is 25.9. The lowest BCUT2D eigenvalue weighted by molar-refractivity contribution is -0.109. The Hall–Kier alpha value is -3.86. The number of rotatable bonds is 6. The number of hydrogen-bond donors (Lipinski definition) is 0. The molecule has 1 aliphatic heterocycles. The van der Waals surface area contributed by atoms with Gasteiger partial charge in [-0.15, -0.1) is 0 Å². The van der Waals surface area contributed by atoms with Crippen LogP contribution in [-0.2, 0) is 4.79 Å². The second-order valence-corrected chi connectivity index (χ2v) is 6.30. The molecular formula is C23H18N4O. The van der Waals surface area contributed by atoms with Crippen LogP contribution in [0, 0.1) is 0 Å². The van der Waals surface area contributed by atoms with E-state index in [1.54, 1.807) is 29.6 Å². The number of amides is 1. The fourth-order valence-corrected chi connectivity index (χ4v) is 3.08. The van der Waals surface area contributed by atoms with Gasteiger partial charge in [0.05, 0.1) is 5.69 Å². The lowest BCUT2D eigenvalue weighted by Gasteiger charge is -2.15. The highest BCUT2D eigenvalue weighted by atomic mass is 16.2. The average Bonchev–Trinajstić information content (AvgIpc) is 3.48. The number of nitrogens with zero attached hydrogens (tertiary/aromatic N) is 4. The summed E-state index contributed by atoms with van der Waals surface area (Å²) >= 11 is 0. The first kappa shape index (κ1) is 17.5. The van der Waals surface area contributed by atoms with Gasteiger partial charge in [0, 0.05) is 42.1 Å². The van der Waals surface area contributed by atoms with Gasteiger partial charge in [0.15, 0.2) is 0 Å². The molecule has 0 bridgehead atoms. The molecule has 1 saturated heterocycles. The lowest BCUT2D eigenvalue weighted by Crippen LogP contribution is -1.99. The van der Waals surface area contributed by atoms with E-state index in [1.165, 1.54) is 0 Å². The molecule has 1 fully saturated rings. The van der Waals surface area contributed by atoms with Crippen molar-refractivity contribution in [1.82, 2.24) is 9.97 Å². The smallest absolute Gasteiger partial charge is 0.247 e. The first-order chi connectivity index (χ1) is 13.8. The molecule has 0 unspecified atom stereocenters. The maximum atomic E-state index is 11.9. The van der Waals surface area contributed by atoms with Crippen molar-refractivity contribution >= 4 is 24.4 Å². The molecule has 1 amide bonds. The number of hydrogen-bond acceptors (Lipinski definition) is 4. The van der Waals surface area contributed by atoms with Gasteiger partial charge in [-0.1, -0.05) is 24.3 Å². The molecule has 3 aromatic rings. The van der Waals surface area contributed by atoms with Crippen molar-refractivity contribution in [2.24, 2.45) is 4.99 Å². The molecule has 136 valence electrons. The van der Waals surface area contributed by atoms with Crippen molar-refractivity contribution in [1.29, 1.82) is 0 Å². The van der Waals surface area contributed by atoms with Gasteiger partial charge < -0.3 is 4.90 Å². The normalized spacial score (nSPS) is 13.4. The largest absolute Gasteiger partial charge is 0.301 e. The first-order valence-electron chi connectivity index (χ1n) is 8.86. The van der Waals surface area contributed by atoms with Gasteiger partial charge in [0.1, 0.15) is 6.54 Å². The molecule has 0 aliphatic carbocycles. The third-order valence-electron chi connectivity index (χ3n) is 4.47. The highest BCUT2D eigenvalue weighted by molar-refractivity contribution is 6.13. The summed E-state index contributed by atoms with van der Waals surface area (Å²) in [5.74, 6) is 0.115. The molecule has 4 rings (SSSR count). The van der Waals surface area contributed by atoms with Crippen molar-refractivity contribution in [3.05, 3.63) is 85.1 Å². The summed E-state index contributed by atoms with van der Waals surface area (Å²) in [6.45, 7) is 3.87. The van der Waals surface area contributed by atoms with Crippen molar-refractivity contribution < 1.29 is 4.79 Å². The molecule has 1 aliphatic rings. The van der Waals surface area contributed by atoms with E-state index in [1.807, 2.05) is 48.8 Å². The van der Waals surface area contributed by atoms with E-state index in [0.717, 1.165) is 33.5 Å². The molecule has 1 aromatic carbocycles. The van der Waals surface area contributed by atoms with E-state index < -0.39 is 0 Å². The Morgan fingerprint density at radius 2 is 1.64 bits per heavy atom. The number of aliphatic imine (C=N–C) groups is 1. The minimum absolute atomic E-state index is 0.115. The van der Waals surface area contributed by atoms with E-state index in [4.69, 9.17) is 0 Å². The molecular weight excluding hydrogens is 348 g/mol. The van der Waals surface area contributed by atoms with Gasteiger partial charge in [0.25, 0.3) is 0 Å². The zero-order chi connectivity index (χ0) is 19.3. The Kier molecular flexibility index (Phi) is 4.89. The number of allylic oxidation sites excluding steroid dienone is 2. The maximum Gasteiger partial charge on any atom is 0.247 e. The monoisotopic (exact) mass is 366 g/mol. The lowest BCUT2D eigenvalue weighted by atomic mass is 9.93. The van der Waals surface area contributed by atoms with Crippen LogP contribution in [0.25, 0.3) is 28.3 Å². The van der Waals surface area contributed by atoms with Gasteiger partial charge in [-0.3, -0.25) is 19.8 Å². The van der Waals surface area contributed by atoms with E-state index in [0.29, 0.717) is 6.54 Å². The quantitative estimate of drug-likeness (QED) is 0.369. The average molecular weight is 366 g/mol. The third kappa shape index (κ3) is 3.64. The van der Waals surface area contributed by atoms with Crippen LogP contribution >= 0.6 is 0 Å². The van der Waals surface area contributed by atoms with E-state index in [-0.39, 0.29) is 5.91 Å². The molecule has 0 atom stereocenters. The van der Waals surface area contributed by atoms with Crippen molar-refractivity contribution in [2.75, 3.05) is 11.4 Å². The van der Waals surface area contributed by atoms with E-state index in [2.05, 4.69) is 33.8 Å². The Labute approximate surface area is 163 Å². The van der Waals surface area contributed by atoms with Crippen LogP contribution < -0.4 is 4.90 Å². The van der Waals surface area contributed by atoms with Gasteiger partial charge >= 0.3 is 0 Å². The highest BCUT2D eigenvalue weighted by Crippen LogP contribution is 2.39. The standard InChI is InChI=1S/C23H18N4O/c1-24-9-3-2-6-17-12-20(18-7-4-10-25-14-18)21(19-8-5-11-26-15-19)13-22(17)27-16-23(27)28/h2-15H,1,16H2/b6-2+,9-3-.